The smallest absolute Gasteiger partial charge is 0.238 e. The third-order valence-electron chi connectivity index (χ3n) is 6.46. The van der Waals surface area contributed by atoms with Crippen LogP contribution in [-0.2, 0) is 9.59 Å². The van der Waals surface area contributed by atoms with Crippen molar-refractivity contribution < 1.29 is 9.59 Å². The van der Waals surface area contributed by atoms with Gasteiger partial charge < -0.3 is 0 Å². The highest BCUT2D eigenvalue weighted by molar-refractivity contribution is 6.23. The summed E-state index contributed by atoms with van der Waals surface area (Å²) in [6.07, 6.45) is 6.81. The van der Waals surface area contributed by atoms with Gasteiger partial charge in [-0.1, -0.05) is 24.3 Å². The van der Waals surface area contributed by atoms with Crippen LogP contribution >= 0.6 is 0 Å². The summed E-state index contributed by atoms with van der Waals surface area (Å²) in [6, 6.07) is 5.98. The monoisotopic (exact) mass is 293 g/mol. The van der Waals surface area contributed by atoms with Crippen LogP contribution in [0.1, 0.15) is 24.0 Å². The van der Waals surface area contributed by atoms with E-state index < -0.39 is 0 Å². The Labute approximate surface area is 130 Å². The summed E-state index contributed by atoms with van der Waals surface area (Å²) >= 11 is 0. The standard InChI is InChI=1S/C19H19NO2/c1-10-3-4-11(2)14(9-10)20-17(21)15-12-5-6-13(16(15)18(20)22)19(12)7-8-19/h3-6,9,12-13,15-16H,7-8H2,1-2H3/t12-,13-,15-,16+/m0/s1. The number of nitrogens with zero attached hydrogens (tertiary/aromatic N) is 1. The molecule has 1 heterocycles. The van der Waals surface area contributed by atoms with Gasteiger partial charge in [0.1, 0.15) is 0 Å². The Morgan fingerprint density at radius 3 is 2.14 bits per heavy atom. The van der Waals surface area contributed by atoms with E-state index in [9.17, 15) is 9.59 Å². The van der Waals surface area contributed by atoms with Crippen molar-refractivity contribution in [2.75, 3.05) is 4.90 Å². The molecule has 0 aromatic heterocycles. The van der Waals surface area contributed by atoms with Crippen molar-refractivity contribution in [3.8, 4) is 0 Å². The molecule has 2 bridgehead atoms. The molecular weight excluding hydrogens is 274 g/mol. The van der Waals surface area contributed by atoms with E-state index in [0.29, 0.717) is 11.8 Å². The number of aryl methyl sites for hydroxylation is 2. The first-order valence-electron chi connectivity index (χ1n) is 8.18. The number of imide groups is 1. The maximum Gasteiger partial charge on any atom is 0.238 e. The Morgan fingerprint density at radius 2 is 1.59 bits per heavy atom. The van der Waals surface area contributed by atoms with Crippen molar-refractivity contribution in [1.82, 2.24) is 0 Å². The van der Waals surface area contributed by atoms with Crippen LogP contribution in [0.25, 0.3) is 0 Å². The van der Waals surface area contributed by atoms with E-state index in [4.69, 9.17) is 0 Å². The summed E-state index contributed by atoms with van der Waals surface area (Å²) in [7, 11) is 0. The fourth-order valence-electron chi connectivity index (χ4n) is 5.28. The van der Waals surface area contributed by atoms with Crippen LogP contribution < -0.4 is 4.90 Å². The van der Waals surface area contributed by atoms with Gasteiger partial charge in [-0.05, 0) is 61.1 Å². The van der Waals surface area contributed by atoms with E-state index in [1.165, 1.54) is 17.7 Å². The van der Waals surface area contributed by atoms with E-state index in [1.807, 2.05) is 32.0 Å². The van der Waals surface area contributed by atoms with E-state index in [-0.39, 0.29) is 29.1 Å². The van der Waals surface area contributed by atoms with Crippen LogP contribution in [0.15, 0.2) is 30.4 Å². The van der Waals surface area contributed by atoms with Crippen molar-refractivity contribution in [1.29, 1.82) is 0 Å². The van der Waals surface area contributed by atoms with Crippen LogP contribution in [0, 0.1) is 42.9 Å². The molecule has 3 heteroatoms. The fourth-order valence-corrected chi connectivity index (χ4v) is 5.28. The highest BCUT2D eigenvalue weighted by Crippen LogP contribution is 2.73. The SMILES string of the molecule is Cc1ccc(C)c(N2C(=O)[C@@H]3[C@H](C2=O)[C@@H]2C=C[C@@H]3C23CC3)c1. The van der Waals surface area contributed by atoms with Gasteiger partial charge in [-0.25, -0.2) is 4.90 Å². The molecular formula is C19H19NO2. The summed E-state index contributed by atoms with van der Waals surface area (Å²) in [5, 5.41) is 0. The number of fused-ring (bicyclic) bond motifs is 3. The molecule has 4 atom stereocenters. The van der Waals surface area contributed by atoms with Gasteiger partial charge in [0, 0.05) is 0 Å². The Bertz CT molecular complexity index is 725. The first-order valence-corrected chi connectivity index (χ1v) is 8.18. The lowest BCUT2D eigenvalue weighted by atomic mass is 9.85. The average molecular weight is 293 g/mol. The number of rotatable bonds is 1. The lowest BCUT2D eigenvalue weighted by molar-refractivity contribution is -0.123. The number of amides is 2. The fraction of sp³-hybridized carbons (Fsp3) is 0.474. The summed E-state index contributed by atoms with van der Waals surface area (Å²) in [4.78, 5) is 27.6. The predicted octanol–water partition coefficient (Wildman–Crippen LogP) is 3.01. The third-order valence-corrected chi connectivity index (χ3v) is 6.46. The van der Waals surface area contributed by atoms with E-state index >= 15 is 0 Å². The van der Waals surface area contributed by atoms with Crippen molar-refractivity contribution in [2.24, 2.45) is 29.1 Å². The molecule has 1 aliphatic heterocycles. The van der Waals surface area contributed by atoms with Gasteiger partial charge in [0.2, 0.25) is 11.8 Å². The molecule has 2 amide bonds. The topological polar surface area (TPSA) is 37.4 Å². The molecule has 4 aliphatic rings. The zero-order valence-electron chi connectivity index (χ0n) is 12.9. The minimum atomic E-state index is -0.107. The Kier molecular flexibility index (Phi) is 2.13. The van der Waals surface area contributed by atoms with Crippen LogP contribution in [0.4, 0.5) is 5.69 Å². The Balaban J connectivity index is 1.61. The predicted molar refractivity (Wildman–Crippen MR) is 83.2 cm³/mol. The molecule has 3 fully saturated rings. The molecule has 3 aliphatic carbocycles. The molecule has 0 N–H and O–H groups in total. The summed E-state index contributed by atoms with van der Waals surface area (Å²) < 4.78 is 0. The molecule has 2 saturated carbocycles. The number of allylic oxidation sites excluding steroid dienone is 2. The van der Waals surface area contributed by atoms with Gasteiger partial charge in [-0.2, -0.15) is 0 Å². The zero-order valence-corrected chi connectivity index (χ0v) is 12.9. The van der Waals surface area contributed by atoms with Gasteiger partial charge >= 0.3 is 0 Å². The molecule has 1 saturated heterocycles. The molecule has 3 nitrogen and oxygen atoms in total. The molecule has 112 valence electrons. The summed E-state index contributed by atoms with van der Waals surface area (Å²) in [5.41, 5.74) is 3.13. The highest BCUT2D eigenvalue weighted by atomic mass is 16.2. The maximum atomic E-state index is 13.0. The highest BCUT2D eigenvalue weighted by Gasteiger charge is 2.73. The molecule has 1 aromatic carbocycles. The quantitative estimate of drug-likeness (QED) is 0.589. The number of carbonyl (C=O) groups excluding carboxylic acids is 2. The molecule has 0 radical (unpaired) electrons. The van der Waals surface area contributed by atoms with Crippen molar-refractivity contribution in [2.45, 2.75) is 26.7 Å². The zero-order chi connectivity index (χ0) is 15.2. The third kappa shape index (κ3) is 1.25. The van der Waals surface area contributed by atoms with Gasteiger partial charge in [0.05, 0.1) is 17.5 Å². The lowest BCUT2D eigenvalue weighted by Crippen LogP contribution is -2.35. The number of hydrogen-bond donors (Lipinski definition) is 0. The normalized spacial score (nSPS) is 36.5. The maximum absolute atomic E-state index is 13.0. The summed E-state index contributed by atoms with van der Waals surface area (Å²) in [6.45, 7) is 3.97. The second kappa shape index (κ2) is 3.70. The van der Waals surface area contributed by atoms with Crippen molar-refractivity contribution >= 4 is 17.5 Å². The van der Waals surface area contributed by atoms with Gasteiger partial charge in [0.15, 0.2) is 0 Å². The van der Waals surface area contributed by atoms with Crippen LogP contribution in [0.2, 0.25) is 0 Å². The number of anilines is 1. The van der Waals surface area contributed by atoms with E-state index in [0.717, 1.165) is 16.8 Å². The molecule has 1 aromatic rings. The van der Waals surface area contributed by atoms with E-state index in [2.05, 4.69) is 12.2 Å². The van der Waals surface area contributed by atoms with Crippen LogP contribution in [-0.4, -0.2) is 11.8 Å². The Hall–Kier alpha value is -1.90. The van der Waals surface area contributed by atoms with Crippen molar-refractivity contribution in [3.05, 3.63) is 41.5 Å². The number of carbonyl (C=O) groups is 2. The van der Waals surface area contributed by atoms with Crippen LogP contribution in [0.5, 0.6) is 0 Å². The second-order valence-electron chi connectivity index (χ2n) is 7.52. The van der Waals surface area contributed by atoms with Gasteiger partial charge in [0.25, 0.3) is 0 Å². The first kappa shape index (κ1) is 12.6. The average Bonchev–Trinajstić information content (AvgIpc) is 3.08. The van der Waals surface area contributed by atoms with Crippen molar-refractivity contribution in [3.63, 3.8) is 0 Å². The minimum Gasteiger partial charge on any atom is -0.274 e. The lowest BCUT2D eigenvalue weighted by Gasteiger charge is -2.23. The second-order valence-corrected chi connectivity index (χ2v) is 7.52. The number of hydrogen-bond acceptors (Lipinski definition) is 2. The van der Waals surface area contributed by atoms with Gasteiger partial charge in [-0.15, -0.1) is 0 Å². The molecule has 22 heavy (non-hydrogen) atoms. The summed E-state index contributed by atoms with van der Waals surface area (Å²) in [5.74, 6) is 0.455. The van der Waals surface area contributed by atoms with Crippen LogP contribution in [0.3, 0.4) is 0 Å². The number of benzene rings is 1. The Morgan fingerprint density at radius 1 is 1.00 bits per heavy atom. The molecule has 0 unspecified atom stereocenters. The van der Waals surface area contributed by atoms with Gasteiger partial charge in [-0.3, -0.25) is 9.59 Å². The first-order chi connectivity index (χ1) is 10.5. The minimum absolute atomic E-state index is 0.0341. The largest absolute Gasteiger partial charge is 0.274 e. The molecule has 5 rings (SSSR count). The molecule has 1 spiro atoms. The van der Waals surface area contributed by atoms with E-state index in [1.54, 1.807) is 0 Å².